The Labute approximate surface area is 225 Å². The zero-order valence-corrected chi connectivity index (χ0v) is 22.1. The SMILES string of the molecule is CC(=O)Nc1ccc(S(=O)(=O)Oc2cc(Cl)ccc2CN(CC2CCCO2)C(=O)c2cccc(F)c2)cc1. The topological polar surface area (TPSA) is 102 Å². The number of ether oxygens (including phenoxy) is 1. The second-order valence-electron chi connectivity index (χ2n) is 8.83. The molecule has 1 heterocycles. The van der Waals surface area contributed by atoms with Crippen molar-refractivity contribution in [1.82, 2.24) is 4.90 Å². The van der Waals surface area contributed by atoms with Crippen LogP contribution in [0.15, 0.2) is 71.6 Å². The fourth-order valence-corrected chi connectivity index (χ4v) is 5.19. The van der Waals surface area contributed by atoms with Gasteiger partial charge in [-0.25, -0.2) is 4.39 Å². The number of hydrogen-bond acceptors (Lipinski definition) is 6. The number of hydrogen-bond donors (Lipinski definition) is 1. The van der Waals surface area contributed by atoms with Crippen LogP contribution in [0.2, 0.25) is 5.02 Å². The number of anilines is 1. The monoisotopic (exact) mass is 560 g/mol. The number of nitrogens with zero attached hydrogens (tertiary/aromatic N) is 1. The van der Waals surface area contributed by atoms with Crippen LogP contribution < -0.4 is 9.50 Å². The molecule has 1 saturated heterocycles. The van der Waals surface area contributed by atoms with Crippen LogP contribution in [0.1, 0.15) is 35.7 Å². The van der Waals surface area contributed by atoms with E-state index in [0.717, 1.165) is 18.9 Å². The fourth-order valence-electron chi connectivity index (χ4n) is 4.07. The Morgan fingerprint density at radius 3 is 2.55 bits per heavy atom. The highest BCUT2D eigenvalue weighted by Gasteiger charge is 2.26. The molecule has 200 valence electrons. The Balaban J connectivity index is 1.61. The molecule has 1 aliphatic rings. The summed E-state index contributed by atoms with van der Waals surface area (Å²) in [4.78, 5) is 26.0. The van der Waals surface area contributed by atoms with Crippen molar-refractivity contribution in [2.24, 2.45) is 0 Å². The van der Waals surface area contributed by atoms with Crippen LogP contribution in [0.5, 0.6) is 5.75 Å². The van der Waals surface area contributed by atoms with Gasteiger partial charge in [0, 0.05) is 54.5 Å². The minimum Gasteiger partial charge on any atom is -0.379 e. The average molecular weight is 561 g/mol. The second kappa shape index (κ2) is 11.9. The zero-order valence-electron chi connectivity index (χ0n) is 20.5. The lowest BCUT2D eigenvalue weighted by Crippen LogP contribution is -2.37. The van der Waals surface area contributed by atoms with Gasteiger partial charge in [0.25, 0.3) is 5.91 Å². The molecule has 1 unspecified atom stereocenters. The van der Waals surface area contributed by atoms with Crippen molar-refractivity contribution in [3.63, 3.8) is 0 Å². The molecule has 8 nitrogen and oxygen atoms in total. The second-order valence-corrected chi connectivity index (χ2v) is 10.8. The summed E-state index contributed by atoms with van der Waals surface area (Å²) in [6.07, 6.45) is 1.43. The van der Waals surface area contributed by atoms with Gasteiger partial charge < -0.3 is 19.1 Å². The van der Waals surface area contributed by atoms with Crippen molar-refractivity contribution >= 4 is 39.2 Å². The van der Waals surface area contributed by atoms with Crippen LogP contribution in [0, 0.1) is 5.82 Å². The van der Waals surface area contributed by atoms with Gasteiger partial charge in [0.15, 0.2) is 0 Å². The molecule has 1 fully saturated rings. The molecule has 1 aliphatic heterocycles. The van der Waals surface area contributed by atoms with Crippen molar-refractivity contribution < 1.29 is 31.3 Å². The summed E-state index contributed by atoms with van der Waals surface area (Å²) in [5.41, 5.74) is 0.974. The maximum atomic E-state index is 13.8. The van der Waals surface area contributed by atoms with Gasteiger partial charge in [0.2, 0.25) is 5.91 Å². The Hall–Kier alpha value is -3.47. The molecule has 0 aliphatic carbocycles. The lowest BCUT2D eigenvalue weighted by molar-refractivity contribution is -0.114. The number of amides is 2. The summed E-state index contributed by atoms with van der Waals surface area (Å²) in [5.74, 6) is -1.31. The summed E-state index contributed by atoms with van der Waals surface area (Å²) in [5, 5.41) is 2.80. The molecule has 0 saturated carbocycles. The van der Waals surface area contributed by atoms with Gasteiger partial charge in [-0.1, -0.05) is 23.7 Å². The lowest BCUT2D eigenvalue weighted by Gasteiger charge is -2.26. The van der Waals surface area contributed by atoms with E-state index >= 15 is 0 Å². The van der Waals surface area contributed by atoms with Crippen LogP contribution in [0.3, 0.4) is 0 Å². The van der Waals surface area contributed by atoms with Gasteiger partial charge in [-0.05, 0) is 61.4 Å². The Kier molecular flexibility index (Phi) is 8.65. The maximum absolute atomic E-state index is 13.8. The molecule has 3 aromatic carbocycles. The summed E-state index contributed by atoms with van der Waals surface area (Å²) < 4.78 is 51.1. The average Bonchev–Trinajstić information content (AvgIpc) is 3.38. The van der Waals surface area contributed by atoms with Crippen LogP contribution in [-0.4, -0.2) is 44.4 Å². The molecule has 1 N–H and O–H groups in total. The van der Waals surface area contributed by atoms with Gasteiger partial charge in [0.1, 0.15) is 16.5 Å². The molecule has 2 amide bonds. The zero-order chi connectivity index (χ0) is 27.3. The predicted octanol–water partition coefficient (Wildman–Crippen LogP) is 5.03. The summed E-state index contributed by atoms with van der Waals surface area (Å²) in [7, 11) is -4.28. The van der Waals surface area contributed by atoms with E-state index in [-0.39, 0.29) is 46.3 Å². The number of nitrogens with one attached hydrogen (secondary N) is 1. The third-order valence-corrected chi connectivity index (χ3v) is 7.34. The van der Waals surface area contributed by atoms with E-state index in [1.807, 2.05) is 0 Å². The highest BCUT2D eigenvalue weighted by Crippen LogP contribution is 2.29. The molecule has 0 bridgehead atoms. The smallest absolute Gasteiger partial charge is 0.339 e. The number of carbonyl (C=O) groups excluding carboxylic acids is 2. The molecule has 11 heteroatoms. The molecular weight excluding hydrogens is 535 g/mol. The normalized spacial score (nSPS) is 15.2. The van der Waals surface area contributed by atoms with Gasteiger partial charge in [-0.3, -0.25) is 9.59 Å². The van der Waals surface area contributed by atoms with E-state index in [0.29, 0.717) is 17.9 Å². The highest BCUT2D eigenvalue weighted by molar-refractivity contribution is 7.87. The van der Waals surface area contributed by atoms with Crippen LogP contribution in [-0.2, 0) is 26.2 Å². The van der Waals surface area contributed by atoms with Crippen molar-refractivity contribution in [2.45, 2.75) is 37.3 Å². The quantitative estimate of drug-likeness (QED) is 0.368. The lowest BCUT2D eigenvalue weighted by atomic mass is 10.1. The Bertz CT molecular complexity index is 1430. The van der Waals surface area contributed by atoms with Gasteiger partial charge in [0.05, 0.1) is 6.10 Å². The summed E-state index contributed by atoms with van der Waals surface area (Å²) >= 11 is 6.15. The fraction of sp³-hybridized carbons (Fsp3) is 0.259. The van der Waals surface area contributed by atoms with Crippen molar-refractivity contribution in [3.8, 4) is 5.75 Å². The van der Waals surface area contributed by atoms with E-state index in [1.54, 1.807) is 12.1 Å². The first-order valence-corrected chi connectivity index (χ1v) is 13.7. The summed E-state index contributed by atoms with van der Waals surface area (Å²) in [6, 6.07) is 15.4. The maximum Gasteiger partial charge on any atom is 0.339 e. The summed E-state index contributed by atoms with van der Waals surface area (Å²) in [6.45, 7) is 2.13. The number of halogens is 2. The van der Waals surface area contributed by atoms with Gasteiger partial charge in [-0.2, -0.15) is 8.42 Å². The molecule has 1 atom stereocenters. The molecule has 0 aromatic heterocycles. The third-order valence-electron chi connectivity index (χ3n) is 5.86. The first-order valence-electron chi connectivity index (χ1n) is 11.9. The van der Waals surface area contributed by atoms with Crippen LogP contribution in [0.25, 0.3) is 0 Å². The first kappa shape index (κ1) is 27.6. The third kappa shape index (κ3) is 7.09. The van der Waals surface area contributed by atoms with Crippen LogP contribution in [0.4, 0.5) is 10.1 Å². The van der Waals surface area contributed by atoms with Crippen molar-refractivity contribution in [2.75, 3.05) is 18.5 Å². The molecular formula is C27H26ClFN2O6S. The molecule has 0 radical (unpaired) electrons. The van der Waals surface area contributed by atoms with E-state index in [4.69, 9.17) is 20.5 Å². The van der Waals surface area contributed by atoms with E-state index in [9.17, 15) is 22.4 Å². The van der Waals surface area contributed by atoms with E-state index < -0.39 is 21.8 Å². The Morgan fingerprint density at radius 2 is 1.89 bits per heavy atom. The van der Waals surface area contributed by atoms with Crippen LogP contribution >= 0.6 is 11.6 Å². The predicted molar refractivity (Wildman–Crippen MR) is 140 cm³/mol. The molecule has 0 spiro atoms. The Morgan fingerprint density at radius 1 is 1.13 bits per heavy atom. The number of rotatable bonds is 9. The largest absolute Gasteiger partial charge is 0.379 e. The first-order chi connectivity index (χ1) is 18.1. The number of carbonyl (C=O) groups is 2. The molecule has 4 rings (SSSR count). The van der Waals surface area contributed by atoms with Gasteiger partial charge >= 0.3 is 10.1 Å². The van der Waals surface area contributed by atoms with Gasteiger partial charge in [-0.15, -0.1) is 0 Å². The molecule has 3 aromatic rings. The van der Waals surface area contributed by atoms with E-state index in [2.05, 4.69) is 5.32 Å². The minimum absolute atomic E-state index is 0.0291. The van der Waals surface area contributed by atoms with Crippen molar-refractivity contribution in [1.29, 1.82) is 0 Å². The van der Waals surface area contributed by atoms with Crippen molar-refractivity contribution in [3.05, 3.63) is 88.7 Å². The number of benzene rings is 3. The minimum atomic E-state index is -4.28. The van der Waals surface area contributed by atoms with E-state index in [1.165, 1.54) is 60.4 Å². The highest BCUT2D eigenvalue weighted by atomic mass is 35.5. The molecule has 38 heavy (non-hydrogen) atoms. The standard InChI is InChI=1S/C27H26ClFN2O6S/c1-18(32)30-23-9-11-25(12-10-23)38(34,35)37-26-15-21(28)8-7-20(26)16-31(17-24-6-3-13-36-24)27(33)19-4-2-5-22(29)14-19/h2,4-5,7-12,14-15,24H,3,6,13,16-17H2,1H3,(H,30,32).